The molecule has 0 heterocycles. The average molecular weight is 624 g/mol. The topological polar surface area (TPSA) is 47.6 Å². The molecule has 0 bridgehead atoms. The van der Waals surface area contributed by atoms with Gasteiger partial charge < -0.3 is 14.8 Å². The standard InChI is InChI=1S/C32H25F8NO3/c1-29(33,34)23-11-5-10-22(16-23)28(42)41-20-30(19-21-8-3-2-4-9-21,24-12-6-14-26(17-24)43-31(35,36)37)25-13-7-15-27(18-25)44-32(38,39)40/h2-18H,19-20H2,1H3,(H,41,42). The zero-order valence-corrected chi connectivity index (χ0v) is 23.0. The fraction of sp³-hybridized carbons (Fsp3) is 0.219. The molecule has 0 saturated heterocycles. The van der Waals surface area contributed by atoms with Gasteiger partial charge in [-0.25, -0.2) is 8.78 Å². The van der Waals surface area contributed by atoms with E-state index in [1.807, 2.05) is 0 Å². The molecule has 0 aliphatic carbocycles. The van der Waals surface area contributed by atoms with Gasteiger partial charge in [-0.3, -0.25) is 4.79 Å². The number of alkyl halides is 8. The van der Waals surface area contributed by atoms with Crippen molar-refractivity contribution in [1.82, 2.24) is 5.32 Å². The molecule has 0 aliphatic heterocycles. The third-order valence-electron chi connectivity index (χ3n) is 6.77. The van der Waals surface area contributed by atoms with Gasteiger partial charge in [0.15, 0.2) is 0 Å². The van der Waals surface area contributed by atoms with Gasteiger partial charge in [0.25, 0.3) is 11.8 Å². The first-order chi connectivity index (χ1) is 20.5. The summed E-state index contributed by atoms with van der Waals surface area (Å²) in [6, 6.07) is 23.0. The summed E-state index contributed by atoms with van der Waals surface area (Å²) in [5, 5.41) is 2.66. The predicted octanol–water partition coefficient (Wildman–Crippen LogP) is 8.55. The maximum Gasteiger partial charge on any atom is 0.573 e. The van der Waals surface area contributed by atoms with E-state index >= 15 is 0 Å². The Labute approximate surface area is 247 Å². The van der Waals surface area contributed by atoms with E-state index in [1.165, 1.54) is 36.4 Å². The van der Waals surface area contributed by atoms with Gasteiger partial charge >= 0.3 is 12.7 Å². The van der Waals surface area contributed by atoms with E-state index in [1.54, 1.807) is 30.3 Å². The first-order valence-electron chi connectivity index (χ1n) is 13.1. The molecule has 44 heavy (non-hydrogen) atoms. The molecule has 232 valence electrons. The summed E-state index contributed by atoms with van der Waals surface area (Å²) < 4.78 is 115. The monoisotopic (exact) mass is 623 g/mol. The Hall–Kier alpha value is -4.61. The van der Waals surface area contributed by atoms with Crippen LogP contribution >= 0.6 is 0 Å². The molecule has 0 atom stereocenters. The highest BCUT2D eigenvalue weighted by Crippen LogP contribution is 2.40. The molecule has 0 saturated carbocycles. The van der Waals surface area contributed by atoms with Gasteiger partial charge in [-0.15, -0.1) is 26.3 Å². The highest BCUT2D eigenvalue weighted by Gasteiger charge is 2.38. The van der Waals surface area contributed by atoms with Gasteiger partial charge in [-0.2, -0.15) is 0 Å². The van der Waals surface area contributed by atoms with Crippen LogP contribution in [0.5, 0.6) is 11.5 Å². The molecule has 0 radical (unpaired) electrons. The molecule has 0 fully saturated rings. The molecule has 4 aromatic carbocycles. The lowest BCUT2D eigenvalue weighted by Gasteiger charge is -2.36. The lowest BCUT2D eigenvalue weighted by Crippen LogP contribution is -2.43. The summed E-state index contributed by atoms with van der Waals surface area (Å²) in [6.07, 6.45) is -10.1. The SMILES string of the molecule is CC(F)(F)c1cccc(C(=O)NCC(Cc2ccccc2)(c2cccc(OC(F)(F)F)c2)c2cccc(OC(F)(F)F)c2)c1. The van der Waals surface area contributed by atoms with Crippen LogP contribution in [-0.4, -0.2) is 25.2 Å². The molecule has 4 rings (SSSR count). The maximum atomic E-state index is 14.0. The van der Waals surface area contributed by atoms with Crippen LogP contribution in [0.15, 0.2) is 103 Å². The number of carbonyl (C=O) groups excluding carboxylic acids is 1. The molecular formula is C32H25F8NO3. The Balaban J connectivity index is 1.87. The van der Waals surface area contributed by atoms with E-state index in [9.17, 15) is 39.9 Å². The number of amides is 1. The van der Waals surface area contributed by atoms with E-state index in [4.69, 9.17) is 0 Å². The van der Waals surface area contributed by atoms with Crippen molar-refractivity contribution in [3.63, 3.8) is 0 Å². The van der Waals surface area contributed by atoms with Gasteiger partial charge in [0.05, 0.1) is 0 Å². The van der Waals surface area contributed by atoms with Crippen molar-refractivity contribution in [2.45, 2.75) is 37.4 Å². The van der Waals surface area contributed by atoms with Crippen molar-refractivity contribution < 1.29 is 49.4 Å². The van der Waals surface area contributed by atoms with Gasteiger partial charge in [-0.05, 0) is 59.5 Å². The van der Waals surface area contributed by atoms with Crippen molar-refractivity contribution in [3.8, 4) is 11.5 Å². The van der Waals surface area contributed by atoms with Crippen LogP contribution in [0, 0.1) is 0 Å². The fourth-order valence-electron chi connectivity index (χ4n) is 4.83. The number of hydrogen-bond acceptors (Lipinski definition) is 3. The minimum Gasteiger partial charge on any atom is -0.406 e. The Morgan fingerprint density at radius 1 is 0.636 bits per heavy atom. The summed E-state index contributed by atoms with van der Waals surface area (Å²) in [4.78, 5) is 13.3. The van der Waals surface area contributed by atoms with Crippen molar-refractivity contribution in [3.05, 3.63) is 131 Å². The van der Waals surface area contributed by atoms with Crippen LogP contribution in [0.1, 0.15) is 39.5 Å². The number of halogens is 8. The van der Waals surface area contributed by atoms with Crippen molar-refractivity contribution >= 4 is 5.91 Å². The largest absolute Gasteiger partial charge is 0.573 e. The van der Waals surface area contributed by atoms with E-state index in [2.05, 4.69) is 14.8 Å². The number of benzene rings is 4. The first-order valence-corrected chi connectivity index (χ1v) is 13.1. The van der Waals surface area contributed by atoms with Crippen LogP contribution in [-0.2, 0) is 17.8 Å². The molecular weight excluding hydrogens is 598 g/mol. The van der Waals surface area contributed by atoms with Crippen LogP contribution < -0.4 is 14.8 Å². The molecule has 1 N–H and O–H groups in total. The normalized spacial score (nSPS) is 12.5. The molecule has 0 unspecified atom stereocenters. The summed E-state index contributed by atoms with van der Waals surface area (Å²) >= 11 is 0. The Kier molecular flexibility index (Phi) is 9.22. The maximum absolute atomic E-state index is 14.0. The van der Waals surface area contributed by atoms with E-state index in [0.717, 1.165) is 36.4 Å². The molecule has 4 aromatic rings. The van der Waals surface area contributed by atoms with Crippen LogP contribution in [0.4, 0.5) is 35.1 Å². The summed E-state index contributed by atoms with van der Waals surface area (Å²) in [7, 11) is 0. The van der Waals surface area contributed by atoms with Gasteiger partial charge in [0.1, 0.15) is 11.5 Å². The summed E-state index contributed by atoms with van der Waals surface area (Å²) in [5.41, 5.74) is -1.13. The van der Waals surface area contributed by atoms with Crippen LogP contribution in [0.25, 0.3) is 0 Å². The quantitative estimate of drug-likeness (QED) is 0.180. The summed E-state index contributed by atoms with van der Waals surface area (Å²) in [6.45, 7) is 0.291. The number of carbonyl (C=O) groups is 1. The smallest absolute Gasteiger partial charge is 0.406 e. The molecule has 4 nitrogen and oxygen atoms in total. The van der Waals surface area contributed by atoms with E-state index in [0.29, 0.717) is 12.5 Å². The zero-order chi connectivity index (χ0) is 32.2. The number of hydrogen-bond donors (Lipinski definition) is 1. The lowest BCUT2D eigenvalue weighted by molar-refractivity contribution is -0.275. The highest BCUT2D eigenvalue weighted by atomic mass is 19.4. The second-order valence-electron chi connectivity index (χ2n) is 10.0. The predicted molar refractivity (Wildman–Crippen MR) is 146 cm³/mol. The van der Waals surface area contributed by atoms with Crippen LogP contribution in [0.2, 0.25) is 0 Å². The fourth-order valence-corrected chi connectivity index (χ4v) is 4.83. The Morgan fingerprint density at radius 2 is 1.14 bits per heavy atom. The van der Waals surface area contributed by atoms with Crippen molar-refractivity contribution in [2.24, 2.45) is 0 Å². The number of rotatable bonds is 10. The van der Waals surface area contributed by atoms with Crippen molar-refractivity contribution in [1.29, 1.82) is 0 Å². The number of ether oxygens (including phenoxy) is 2. The Bertz CT molecular complexity index is 1520. The minimum absolute atomic E-state index is 0.0217. The van der Waals surface area contributed by atoms with Crippen molar-refractivity contribution in [2.75, 3.05) is 6.54 Å². The van der Waals surface area contributed by atoms with Gasteiger partial charge in [-0.1, -0.05) is 66.7 Å². The lowest BCUT2D eigenvalue weighted by atomic mass is 9.70. The zero-order valence-electron chi connectivity index (χ0n) is 23.0. The molecule has 1 amide bonds. The minimum atomic E-state index is -5.04. The first kappa shape index (κ1) is 32.3. The molecule has 0 aromatic heterocycles. The molecule has 0 aliphatic rings. The van der Waals surface area contributed by atoms with E-state index < -0.39 is 47.0 Å². The number of nitrogens with one attached hydrogen (secondary N) is 1. The third-order valence-corrected chi connectivity index (χ3v) is 6.77. The van der Waals surface area contributed by atoms with Gasteiger partial charge in [0.2, 0.25) is 0 Å². The van der Waals surface area contributed by atoms with Crippen LogP contribution in [0.3, 0.4) is 0 Å². The molecule has 0 spiro atoms. The third kappa shape index (κ3) is 8.48. The molecule has 12 heteroatoms. The Morgan fingerprint density at radius 3 is 1.64 bits per heavy atom. The second-order valence-corrected chi connectivity index (χ2v) is 10.0. The summed E-state index contributed by atoms with van der Waals surface area (Å²) in [5.74, 6) is -5.23. The van der Waals surface area contributed by atoms with Gasteiger partial charge in [0, 0.05) is 30.0 Å². The average Bonchev–Trinajstić information content (AvgIpc) is 2.94. The second kappa shape index (κ2) is 12.6. The highest BCUT2D eigenvalue weighted by molar-refractivity contribution is 5.94. The van der Waals surface area contributed by atoms with E-state index in [-0.39, 0.29) is 29.7 Å².